The average molecular weight is 385 g/mol. The molecule has 0 unspecified atom stereocenters. The Hall–Kier alpha value is -3.52. The van der Waals surface area contributed by atoms with E-state index in [-0.39, 0.29) is 0 Å². The Kier molecular flexibility index (Phi) is 4.76. The van der Waals surface area contributed by atoms with Crippen molar-refractivity contribution in [3.8, 4) is 0 Å². The fourth-order valence-electron chi connectivity index (χ4n) is 4.42. The fourth-order valence-corrected chi connectivity index (χ4v) is 4.42. The van der Waals surface area contributed by atoms with Crippen LogP contribution in [-0.4, -0.2) is 6.71 Å². The maximum Gasteiger partial charge on any atom is 0.207 e. The summed E-state index contributed by atoms with van der Waals surface area (Å²) < 4.78 is 0. The van der Waals surface area contributed by atoms with Crippen LogP contribution in [0.25, 0.3) is 12.2 Å². The van der Waals surface area contributed by atoms with Crippen molar-refractivity contribution >= 4 is 46.9 Å². The van der Waals surface area contributed by atoms with Crippen molar-refractivity contribution in [1.82, 2.24) is 0 Å². The number of hydrogen-bond acceptors (Lipinski definition) is 1. The number of rotatable bonds is 3. The van der Waals surface area contributed by atoms with Crippen LogP contribution in [0.3, 0.4) is 0 Å². The highest BCUT2D eigenvalue weighted by molar-refractivity contribution is 6.85. The molecule has 144 valence electrons. The van der Waals surface area contributed by atoms with E-state index in [0.29, 0.717) is 6.71 Å². The van der Waals surface area contributed by atoms with E-state index in [1.54, 1.807) is 0 Å². The van der Waals surface area contributed by atoms with Crippen LogP contribution in [-0.2, 0) is 0 Å². The predicted molar refractivity (Wildman–Crippen MR) is 132 cm³/mol. The van der Waals surface area contributed by atoms with Gasteiger partial charge < -0.3 is 4.90 Å². The van der Waals surface area contributed by atoms with Gasteiger partial charge in [0.25, 0.3) is 0 Å². The molecular weight excluding hydrogens is 361 g/mol. The van der Waals surface area contributed by atoms with Gasteiger partial charge in [0.2, 0.25) is 6.71 Å². The summed E-state index contributed by atoms with van der Waals surface area (Å²) in [6, 6.07) is 34.8. The highest BCUT2D eigenvalue weighted by atomic mass is 15.1. The van der Waals surface area contributed by atoms with E-state index < -0.39 is 0 Å². The maximum atomic E-state index is 2.32. The molecule has 4 aromatic carbocycles. The van der Waals surface area contributed by atoms with E-state index in [1.165, 1.54) is 33.3 Å². The van der Waals surface area contributed by atoms with Crippen molar-refractivity contribution in [3.63, 3.8) is 0 Å². The number of hydrogen-bond donors (Lipinski definition) is 0. The Balaban J connectivity index is 1.64. The van der Waals surface area contributed by atoms with Crippen LogP contribution in [0.2, 0.25) is 6.82 Å². The van der Waals surface area contributed by atoms with E-state index >= 15 is 0 Å². The third kappa shape index (κ3) is 3.35. The van der Waals surface area contributed by atoms with Gasteiger partial charge in [0.1, 0.15) is 0 Å². The molecule has 0 atom stereocenters. The molecule has 0 fully saturated rings. The molecule has 0 aliphatic carbocycles. The molecule has 1 heterocycles. The van der Waals surface area contributed by atoms with Gasteiger partial charge in [0.05, 0.1) is 0 Å². The van der Waals surface area contributed by atoms with Crippen LogP contribution in [0, 0.1) is 6.92 Å². The molecule has 30 heavy (non-hydrogen) atoms. The smallest absolute Gasteiger partial charge is 0.207 e. The van der Waals surface area contributed by atoms with Gasteiger partial charge in [0.15, 0.2) is 0 Å². The second kappa shape index (κ2) is 7.72. The third-order valence-electron chi connectivity index (χ3n) is 5.98. The number of aryl methyl sites for hydroxylation is 1. The second-order valence-electron chi connectivity index (χ2n) is 8.01. The molecule has 0 saturated carbocycles. The normalized spacial score (nSPS) is 12.1. The summed E-state index contributed by atoms with van der Waals surface area (Å²) in [7, 11) is 0. The predicted octanol–water partition coefficient (Wildman–Crippen LogP) is 6.19. The van der Waals surface area contributed by atoms with Crippen molar-refractivity contribution in [2.75, 3.05) is 4.90 Å². The van der Waals surface area contributed by atoms with Crippen LogP contribution in [0.5, 0.6) is 0 Å². The van der Waals surface area contributed by atoms with Gasteiger partial charge in [-0.1, -0.05) is 96.1 Å². The highest BCUT2D eigenvalue weighted by Gasteiger charge is 2.22. The SMILES string of the molecule is CB1c2ccc(C)cc2C=Cc2cc(N(c3ccccc3)c3ccccc3)ccc21. The molecule has 0 amide bonds. The van der Waals surface area contributed by atoms with Gasteiger partial charge in [-0.2, -0.15) is 0 Å². The number of para-hydroxylation sites is 2. The van der Waals surface area contributed by atoms with Gasteiger partial charge in [-0.25, -0.2) is 0 Å². The van der Waals surface area contributed by atoms with Crippen LogP contribution < -0.4 is 15.8 Å². The maximum absolute atomic E-state index is 2.32. The van der Waals surface area contributed by atoms with Crippen molar-refractivity contribution in [2.24, 2.45) is 0 Å². The van der Waals surface area contributed by atoms with Gasteiger partial charge in [-0.15, -0.1) is 0 Å². The first-order valence-electron chi connectivity index (χ1n) is 10.5. The average Bonchev–Trinajstić information content (AvgIpc) is 2.92. The van der Waals surface area contributed by atoms with Crippen LogP contribution in [0.1, 0.15) is 16.7 Å². The van der Waals surface area contributed by atoms with Gasteiger partial charge >= 0.3 is 0 Å². The lowest BCUT2D eigenvalue weighted by atomic mass is 9.41. The van der Waals surface area contributed by atoms with E-state index in [4.69, 9.17) is 0 Å². The van der Waals surface area contributed by atoms with Crippen molar-refractivity contribution in [3.05, 3.63) is 114 Å². The topological polar surface area (TPSA) is 3.24 Å². The number of anilines is 3. The van der Waals surface area contributed by atoms with Gasteiger partial charge in [-0.05, 0) is 54.4 Å². The second-order valence-corrected chi connectivity index (χ2v) is 8.01. The monoisotopic (exact) mass is 385 g/mol. The Bertz CT molecular complexity index is 1170. The first-order chi connectivity index (χ1) is 14.7. The zero-order chi connectivity index (χ0) is 20.5. The Labute approximate surface area is 179 Å². The molecule has 1 aliphatic rings. The summed E-state index contributed by atoms with van der Waals surface area (Å²) in [5.41, 5.74) is 10.2. The Morgan fingerprint density at radius 3 is 1.70 bits per heavy atom. The first-order valence-corrected chi connectivity index (χ1v) is 10.5. The molecule has 0 saturated heterocycles. The van der Waals surface area contributed by atoms with Crippen LogP contribution >= 0.6 is 0 Å². The Morgan fingerprint density at radius 2 is 1.10 bits per heavy atom. The summed E-state index contributed by atoms with van der Waals surface area (Å²) in [6.45, 7) is 4.83. The lowest BCUT2D eigenvalue weighted by Gasteiger charge is -2.26. The van der Waals surface area contributed by atoms with Gasteiger partial charge in [-0.3, -0.25) is 0 Å². The third-order valence-corrected chi connectivity index (χ3v) is 5.98. The summed E-state index contributed by atoms with van der Waals surface area (Å²) in [4.78, 5) is 2.32. The summed E-state index contributed by atoms with van der Waals surface area (Å²) in [5.74, 6) is 0. The summed E-state index contributed by atoms with van der Waals surface area (Å²) >= 11 is 0. The zero-order valence-electron chi connectivity index (χ0n) is 17.4. The van der Waals surface area contributed by atoms with Crippen LogP contribution in [0.4, 0.5) is 17.1 Å². The molecule has 5 rings (SSSR count). The van der Waals surface area contributed by atoms with Crippen LogP contribution in [0.15, 0.2) is 97.1 Å². The summed E-state index contributed by atoms with van der Waals surface area (Å²) in [5, 5.41) is 0. The quantitative estimate of drug-likeness (QED) is 0.380. The van der Waals surface area contributed by atoms with E-state index in [1.807, 2.05) is 0 Å². The first kappa shape index (κ1) is 18.5. The van der Waals surface area contributed by atoms with Crippen molar-refractivity contribution < 1.29 is 0 Å². The minimum Gasteiger partial charge on any atom is -0.310 e. The number of benzene rings is 4. The zero-order valence-corrected chi connectivity index (χ0v) is 17.4. The standard InChI is InChI=1S/C28H24BN/c1-21-13-17-27-22(19-21)14-15-23-20-26(16-18-28(23)29(27)2)30(24-9-5-3-6-10-24)25-11-7-4-8-12-25/h3-20H,1-2H3. The molecule has 0 aromatic heterocycles. The van der Waals surface area contributed by atoms with Crippen molar-refractivity contribution in [2.45, 2.75) is 13.7 Å². The molecule has 0 spiro atoms. The molecule has 0 N–H and O–H groups in total. The van der Waals surface area contributed by atoms with Crippen molar-refractivity contribution in [1.29, 1.82) is 0 Å². The molecule has 4 aromatic rings. The number of nitrogens with zero attached hydrogens (tertiary/aromatic N) is 1. The van der Waals surface area contributed by atoms with E-state index in [9.17, 15) is 0 Å². The lowest BCUT2D eigenvalue weighted by Crippen LogP contribution is -2.41. The molecule has 0 radical (unpaired) electrons. The molecule has 1 nitrogen and oxygen atoms in total. The molecule has 1 aliphatic heterocycles. The lowest BCUT2D eigenvalue weighted by molar-refractivity contribution is 1.28. The molecular formula is C28H24BN. The Morgan fingerprint density at radius 1 is 0.567 bits per heavy atom. The van der Waals surface area contributed by atoms with Gasteiger partial charge in [0, 0.05) is 17.1 Å². The fraction of sp³-hybridized carbons (Fsp3) is 0.0714. The van der Waals surface area contributed by atoms with E-state index in [2.05, 4.69) is 128 Å². The molecule has 0 bridgehead atoms. The highest BCUT2D eigenvalue weighted by Crippen LogP contribution is 2.34. The van der Waals surface area contributed by atoms with E-state index in [0.717, 1.165) is 11.4 Å². The number of fused-ring (bicyclic) bond motifs is 2. The molecule has 2 heteroatoms. The minimum atomic E-state index is 0.363. The summed E-state index contributed by atoms with van der Waals surface area (Å²) in [6.07, 6.45) is 4.54. The minimum absolute atomic E-state index is 0.363. The largest absolute Gasteiger partial charge is 0.310 e.